The Hall–Kier alpha value is -3.15. The van der Waals surface area contributed by atoms with Crippen LogP contribution in [0, 0.1) is 0 Å². The standard InChI is InChI=1S/C21H21N3O3/c1-27-16-7-5-6-15(13-16)22-20(25)14-9-10-17-18(12-14)23-19-8-3-2-4-11-24(19)21(17)26/h5-7,9-10,12-13H,2-4,8,11H2,1H3,(H,22,25). The third kappa shape index (κ3) is 3.43. The maximum absolute atomic E-state index is 12.8. The van der Waals surface area contributed by atoms with Crippen LogP contribution in [0.3, 0.4) is 0 Å². The molecule has 0 aliphatic carbocycles. The maximum Gasteiger partial charge on any atom is 0.261 e. The Morgan fingerprint density at radius 1 is 1.15 bits per heavy atom. The van der Waals surface area contributed by atoms with Gasteiger partial charge in [-0.15, -0.1) is 0 Å². The number of methoxy groups -OCH3 is 1. The number of ether oxygens (including phenoxy) is 1. The third-order valence-electron chi connectivity index (χ3n) is 4.91. The number of hydrogen-bond acceptors (Lipinski definition) is 4. The van der Waals surface area contributed by atoms with Crippen LogP contribution in [0.2, 0.25) is 0 Å². The average Bonchev–Trinajstić information content (AvgIpc) is 2.93. The highest BCUT2D eigenvalue weighted by Crippen LogP contribution is 2.19. The second-order valence-corrected chi connectivity index (χ2v) is 6.71. The van der Waals surface area contributed by atoms with Gasteiger partial charge in [0.05, 0.1) is 18.0 Å². The van der Waals surface area contributed by atoms with E-state index in [-0.39, 0.29) is 11.5 Å². The predicted octanol–water partition coefficient (Wildman–Crippen LogP) is 3.38. The molecule has 4 rings (SSSR count). The lowest BCUT2D eigenvalue weighted by molar-refractivity contribution is 0.102. The number of nitrogens with one attached hydrogen (secondary N) is 1. The molecule has 1 amide bonds. The molecule has 0 fully saturated rings. The van der Waals surface area contributed by atoms with E-state index < -0.39 is 0 Å². The third-order valence-corrected chi connectivity index (χ3v) is 4.91. The van der Waals surface area contributed by atoms with E-state index in [0.717, 1.165) is 38.1 Å². The molecule has 1 aliphatic heterocycles. The molecule has 0 saturated carbocycles. The monoisotopic (exact) mass is 363 g/mol. The topological polar surface area (TPSA) is 73.2 Å². The highest BCUT2D eigenvalue weighted by Gasteiger charge is 2.15. The molecule has 1 aliphatic rings. The molecule has 3 aromatic rings. The van der Waals surface area contributed by atoms with Crippen LogP contribution in [0.5, 0.6) is 5.75 Å². The first-order valence-electron chi connectivity index (χ1n) is 9.14. The summed E-state index contributed by atoms with van der Waals surface area (Å²) in [5, 5.41) is 3.41. The summed E-state index contributed by atoms with van der Waals surface area (Å²) in [5.74, 6) is 1.24. The summed E-state index contributed by atoms with van der Waals surface area (Å²) in [6.07, 6.45) is 3.94. The number of aromatic nitrogens is 2. The second-order valence-electron chi connectivity index (χ2n) is 6.71. The van der Waals surface area contributed by atoms with Gasteiger partial charge in [-0.1, -0.05) is 12.5 Å². The van der Waals surface area contributed by atoms with Crippen molar-refractivity contribution in [1.29, 1.82) is 0 Å². The highest BCUT2D eigenvalue weighted by molar-refractivity contribution is 6.06. The van der Waals surface area contributed by atoms with Crippen molar-refractivity contribution >= 4 is 22.5 Å². The van der Waals surface area contributed by atoms with E-state index >= 15 is 0 Å². The number of fused-ring (bicyclic) bond motifs is 2. The van der Waals surface area contributed by atoms with Crippen LogP contribution in [0.25, 0.3) is 10.9 Å². The Balaban J connectivity index is 1.68. The Morgan fingerprint density at radius 2 is 2.04 bits per heavy atom. The number of carbonyl (C=O) groups excluding carboxylic acids is 1. The average molecular weight is 363 g/mol. The molecule has 0 bridgehead atoms. The molecule has 0 saturated heterocycles. The number of aryl methyl sites for hydroxylation is 1. The van der Waals surface area contributed by atoms with Crippen LogP contribution >= 0.6 is 0 Å². The minimum Gasteiger partial charge on any atom is -0.497 e. The van der Waals surface area contributed by atoms with Gasteiger partial charge in [0, 0.05) is 30.3 Å². The molecule has 0 radical (unpaired) electrons. The first-order chi connectivity index (χ1) is 13.2. The summed E-state index contributed by atoms with van der Waals surface area (Å²) in [7, 11) is 1.58. The van der Waals surface area contributed by atoms with E-state index in [9.17, 15) is 9.59 Å². The number of rotatable bonds is 3. The van der Waals surface area contributed by atoms with Crippen LogP contribution in [0.1, 0.15) is 35.4 Å². The minimum absolute atomic E-state index is 0.0170. The zero-order valence-corrected chi connectivity index (χ0v) is 15.2. The maximum atomic E-state index is 12.8. The molecule has 0 atom stereocenters. The molecular formula is C21H21N3O3. The first-order valence-corrected chi connectivity index (χ1v) is 9.14. The van der Waals surface area contributed by atoms with Crippen molar-refractivity contribution < 1.29 is 9.53 Å². The number of nitrogens with zero attached hydrogens (tertiary/aromatic N) is 2. The normalized spacial score (nSPS) is 13.7. The van der Waals surface area contributed by atoms with Gasteiger partial charge in [-0.25, -0.2) is 4.98 Å². The quantitative estimate of drug-likeness (QED) is 0.774. The molecule has 6 heteroatoms. The van der Waals surface area contributed by atoms with Gasteiger partial charge in [-0.2, -0.15) is 0 Å². The number of hydrogen-bond donors (Lipinski definition) is 1. The lowest BCUT2D eigenvalue weighted by Crippen LogP contribution is -2.24. The Bertz CT molecular complexity index is 1070. The zero-order valence-electron chi connectivity index (χ0n) is 15.2. The van der Waals surface area contributed by atoms with Crippen LogP contribution < -0.4 is 15.6 Å². The molecular weight excluding hydrogens is 342 g/mol. The van der Waals surface area contributed by atoms with Gasteiger partial charge in [0.15, 0.2) is 0 Å². The van der Waals surface area contributed by atoms with Gasteiger partial charge in [0.2, 0.25) is 0 Å². The summed E-state index contributed by atoms with van der Waals surface area (Å²) in [4.78, 5) is 30.1. The number of anilines is 1. The van der Waals surface area contributed by atoms with Crippen molar-refractivity contribution in [1.82, 2.24) is 9.55 Å². The van der Waals surface area contributed by atoms with Gasteiger partial charge in [-0.3, -0.25) is 14.2 Å². The Labute approximate surface area is 156 Å². The van der Waals surface area contributed by atoms with Gasteiger partial charge in [0.25, 0.3) is 11.5 Å². The number of amides is 1. The van der Waals surface area contributed by atoms with Crippen molar-refractivity contribution in [2.45, 2.75) is 32.2 Å². The Kier molecular flexibility index (Phi) is 4.62. The van der Waals surface area contributed by atoms with Gasteiger partial charge >= 0.3 is 0 Å². The summed E-state index contributed by atoms with van der Waals surface area (Å²) in [6.45, 7) is 0.717. The minimum atomic E-state index is -0.248. The van der Waals surface area contributed by atoms with E-state index in [1.165, 1.54) is 0 Å². The fourth-order valence-electron chi connectivity index (χ4n) is 3.46. The number of benzene rings is 2. The first kappa shape index (κ1) is 17.3. The molecule has 138 valence electrons. The molecule has 2 aromatic carbocycles. The second kappa shape index (κ2) is 7.23. The van der Waals surface area contributed by atoms with E-state index in [2.05, 4.69) is 10.3 Å². The van der Waals surface area contributed by atoms with Crippen molar-refractivity contribution in [2.75, 3.05) is 12.4 Å². The molecule has 1 N–H and O–H groups in total. The summed E-state index contributed by atoms with van der Waals surface area (Å²) >= 11 is 0. The highest BCUT2D eigenvalue weighted by atomic mass is 16.5. The molecule has 0 spiro atoms. The van der Waals surface area contributed by atoms with E-state index in [1.54, 1.807) is 42.0 Å². The fourth-order valence-corrected chi connectivity index (χ4v) is 3.46. The summed E-state index contributed by atoms with van der Waals surface area (Å²) < 4.78 is 6.96. The van der Waals surface area contributed by atoms with Gasteiger partial charge < -0.3 is 10.1 Å². The molecule has 2 heterocycles. The van der Waals surface area contributed by atoms with Gasteiger partial charge in [0.1, 0.15) is 11.6 Å². The van der Waals surface area contributed by atoms with Crippen LogP contribution in [-0.4, -0.2) is 22.6 Å². The summed E-state index contributed by atoms with van der Waals surface area (Å²) in [6, 6.07) is 12.2. The molecule has 0 unspecified atom stereocenters. The van der Waals surface area contributed by atoms with Crippen LogP contribution in [-0.2, 0) is 13.0 Å². The molecule has 6 nitrogen and oxygen atoms in total. The van der Waals surface area contributed by atoms with Crippen LogP contribution in [0.4, 0.5) is 5.69 Å². The molecule has 27 heavy (non-hydrogen) atoms. The van der Waals surface area contributed by atoms with Crippen molar-refractivity contribution in [3.8, 4) is 5.75 Å². The van der Waals surface area contributed by atoms with Crippen molar-refractivity contribution in [3.05, 3.63) is 64.2 Å². The zero-order chi connectivity index (χ0) is 18.8. The lowest BCUT2D eigenvalue weighted by atomic mass is 10.1. The number of carbonyl (C=O) groups is 1. The largest absolute Gasteiger partial charge is 0.497 e. The summed E-state index contributed by atoms with van der Waals surface area (Å²) in [5.41, 5.74) is 1.67. The smallest absolute Gasteiger partial charge is 0.261 e. The molecule has 1 aromatic heterocycles. The van der Waals surface area contributed by atoms with E-state index in [4.69, 9.17) is 4.74 Å². The Morgan fingerprint density at radius 3 is 2.89 bits per heavy atom. The SMILES string of the molecule is COc1cccc(NC(=O)c2ccc3c(=O)n4c(nc3c2)CCCCC4)c1. The predicted molar refractivity (Wildman–Crippen MR) is 105 cm³/mol. The van der Waals surface area contributed by atoms with E-state index in [0.29, 0.717) is 27.9 Å². The van der Waals surface area contributed by atoms with Crippen LogP contribution in [0.15, 0.2) is 47.3 Å². The van der Waals surface area contributed by atoms with Crippen molar-refractivity contribution in [3.63, 3.8) is 0 Å². The van der Waals surface area contributed by atoms with Gasteiger partial charge in [-0.05, 0) is 43.2 Å². The fraction of sp³-hybridized carbons (Fsp3) is 0.286. The lowest BCUT2D eigenvalue weighted by Gasteiger charge is -2.11. The van der Waals surface area contributed by atoms with E-state index in [1.807, 2.05) is 12.1 Å². The van der Waals surface area contributed by atoms with Crippen molar-refractivity contribution in [2.24, 2.45) is 0 Å².